The van der Waals surface area contributed by atoms with E-state index in [1.807, 2.05) is 23.6 Å². The van der Waals surface area contributed by atoms with Crippen molar-refractivity contribution in [1.82, 2.24) is 19.8 Å². The van der Waals surface area contributed by atoms with Crippen molar-refractivity contribution in [2.45, 2.75) is 78.2 Å². The average molecular weight is 428 g/mol. The fourth-order valence-corrected chi connectivity index (χ4v) is 5.26. The van der Waals surface area contributed by atoms with Gasteiger partial charge in [0.1, 0.15) is 0 Å². The third kappa shape index (κ3) is 5.01. The number of carbonyl (C=O) groups excluding carboxylic acids is 2. The molecular weight excluding hydrogens is 390 g/mol. The first-order valence-electron chi connectivity index (χ1n) is 12.3. The van der Waals surface area contributed by atoms with E-state index in [1.165, 1.54) is 24.8 Å². The molecular formula is C24H37N5O2. The van der Waals surface area contributed by atoms with Crippen LogP contribution >= 0.6 is 0 Å². The number of piperidine rings is 1. The van der Waals surface area contributed by atoms with Crippen LogP contribution in [0.15, 0.2) is 0 Å². The number of hydrogen-bond donors (Lipinski definition) is 0. The quantitative estimate of drug-likeness (QED) is 0.698. The summed E-state index contributed by atoms with van der Waals surface area (Å²) in [6.07, 6.45) is 8.58. The molecule has 1 atom stereocenters. The van der Waals surface area contributed by atoms with Gasteiger partial charge in [0.25, 0.3) is 0 Å². The minimum Gasteiger partial charge on any atom is -0.342 e. The SMILES string of the molecule is CCC(=O)N1CCc2nc(N3CCCC3)nc(CCC3CCCN(C(=O)CC)C3)c2C1. The Morgan fingerprint density at radius 2 is 1.68 bits per heavy atom. The molecule has 2 fully saturated rings. The molecule has 3 aliphatic heterocycles. The Morgan fingerprint density at radius 3 is 2.42 bits per heavy atom. The van der Waals surface area contributed by atoms with E-state index in [1.54, 1.807) is 0 Å². The number of likely N-dealkylation sites (tertiary alicyclic amines) is 1. The topological polar surface area (TPSA) is 69.6 Å². The van der Waals surface area contributed by atoms with Gasteiger partial charge in [0, 0.05) is 64.1 Å². The molecule has 1 aromatic rings. The highest BCUT2D eigenvalue weighted by Crippen LogP contribution is 2.28. The van der Waals surface area contributed by atoms with Gasteiger partial charge in [-0.3, -0.25) is 9.59 Å². The molecule has 4 heterocycles. The van der Waals surface area contributed by atoms with Gasteiger partial charge in [0.2, 0.25) is 17.8 Å². The van der Waals surface area contributed by atoms with Gasteiger partial charge in [0.05, 0.1) is 11.4 Å². The Kier molecular flexibility index (Phi) is 7.08. The van der Waals surface area contributed by atoms with Crippen molar-refractivity contribution in [2.75, 3.05) is 37.6 Å². The first-order valence-corrected chi connectivity index (χ1v) is 12.3. The normalized spacial score (nSPS) is 21.4. The molecule has 3 aliphatic rings. The lowest BCUT2D eigenvalue weighted by Gasteiger charge is -2.33. The maximum atomic E-state index is 12.3. The zero-order valence-electron chi connectivity index (χ0n) is 19.2. The minimum atomic E-state index is 0.209. The summed E-state index contributed by atoms with van der Waals surface area (Å²) in [5, 5.41) is 0. The van der Waals surface area contributed by atoms with Crippen LogP contribution in [-0.2, 0) is 29.0 Å². The Bertz CT molecular complexity index is 805. The Hall–Kier alpha value is -2.18. The zero-order valence-corrected chi connectivity index (χ0v) is 19.2. The van der Waals surface area contributed by atoms with Gasteiger partial charge in [0.15, 0.2) is 0 Å². The lowest BCUT2D eigenvalue weighted by molar-refractivity contribution is -0.133. The summed E-state index contributed by atoms with van der Waals surface area (Å²) in [7, 11) is 0. The second-order valence-corrected chi connectivity index (χ2v) is 9.25. The van der Waals surface area contributed by atoms with E-state index in [9.17, 15) is 9.59 Å². The van der Waals surface area contributed by atoms with Crippen molar-refractivity contribution in [3.05, 3.63) is 17.0 Å². The van der Waals surface area contributed by atoms with Gasteiger partial charge in [-0.25, -0.2) is 9.97 Å². The van der Waals surface area contributed by atoms with E-state index in [-0.39, 0.29) is 11.8 Å². The molecule has 0 bridgehead atoms. The molecule has 0 spiro atoms. The molecule has 7 nitrogen and oxygen atoms in total. The molecule has 0 aliphatic carbocycles. The number of aromatic nitrogens is 2. The summed E-state index contributed by atoms with van der Waals surface area (Å²) in [4.78, 5) is 40.8. The highest BCUT2D eigenvalue weighted by Gasteiger charge is 2.28. The lowest BCUT2D eigenvalue weighted by Crippen LogP contribution is -2.40. The molecule has 4 rings (SSSR count). The maximum absolute atomic E-state index is 12.3. The first-order chi connectivity index (χ1) is 15.1. The van der Waals surface area contributed by atoms with Gasteiger partial charge >= 0.3 is 0 Å². The molecule has 0 N–H and O–H groups in total. The monoisotopic (exact) mass is 427 g/mol. The van der Waals surface area contributed by atoms with E-state index >= 15 is 0 Å². The number of aryl methyl sites for hydroxylation is 1. The second-order valence-electron chi connectivity index (χ2n) is 9.25. The van der Waals surface area contributed by atoms with E-state index in [2.05, 4.69) is 4.90 Å². The van der Waals surface area contributed by atoms with E-state index in [0.29, 0.717) is 25.3 Å². The van der Waals surface area contributed by atoms with Gasteiger partial charge < -0.3 is 14.7 Å². The number of amides is 2. The predicted molar refractivity (Wildman–Crippen MR) is 121 cm³/mol. The van der Waals surface area contributed by atoms with Crippen LogP contribution in [0.25, 0.3) is 0 Å². The average Bonchev–Trinajstić information content (AvgIpc) is 3.36. The number of anilines is 1. The molecule has 1 aromatic heterocycles. The molecule has 2 saturated heterocycles. The van der Waals surface area contributed by atoms with Crippen molar-refractivity contribution in [2.24, 2.45) is 5.92 Å². The van der Waals surface area contributed by atoms with Crippen molar-refractivity contribution in [3.63, 3.8) is 0 Å². The lowest BCUT2D eigenvalue weighted by atomic mass is 9.91. The third-order valence-corrected chi connectivity index (χ3v) is 7.14. The van der Waals surface area contributed by atoms with Crippen LogP contribution in [0.5, 0.6) is 0 Å². The number of rotatable bonds is 6. The zero-order chi connectivity index (χ0) is 21.8. The molecule has 170 valence electrons. The standard InChI is InChI=1S/C24H37N5O2/c1-3-22(30)28-14-7-8-18(16-28)9-10-20-19-17-29(23(31)4-2)15-11-21(19)26-24(25-20)27-12-5-6-13-27/h18H,3-17H2,1-2H3. The van der Waals surface area contributed by atoms with Gasteiger partial charge in [-0.1, -0.05) is 13.8 Å². The summed E-state index contributed by atoms with van der Waals surface area (Å²) in [5.41, 5.74) is 3.44. The molecule has 0 radical (unpaired) electrons. The van der Waals surface area contributed by atoms with Crippen molar-refractivity contribution in [1.29, 1.82) is 0 Å². The van der Waals surface area contributed by atoms with Crippen LogP contribution in [0, 0.1) is 5.92 Å². The summed E-state index contributed by atoms with van der Waals surface area (Å²) in [6, 6.07) is 0. The predicted octanol–water partition coefficient (Wildman–Crippen LogP) is 2.95. The fraction of sp³-hybridized carbons (Fsp3) is 0.750. The van der Waals surface area contributed by atoms with E-state index in [4.69, 9.17) is 9.97 Å². The van der Waals surface area contributed by atoms with Crippen molar-refractivity contribution < 1.29 is 9.59 Å². The first kappa shape index (κ1) is 22.0. The molecule has 31 heavy (non-hydrogen) atoms. The highest BCUT2D eigenvalue weighted by atomic mass is 16.2. The summed E-state index contributed by atoms with van der Waals surface area (Å²) in [5.74, 6) is 1.89. The Labute approximate surface area is 186 Å². The molecule has 7 heteroatoms. The minimum absolute atomic E-state index is 0.209. The van der Waals surface area contributed by atoms with Crippen LogP contribution in [0.4, 0.5) is 5.95 Å². The van der Waals surface area contributed by atoms with E-state index < -0.39 is 0 Å². The third-order valence-electron chi connectivity index (χ3n) is 7.14. The highest BCUT2D eigenvalue weighted by molar-refractivity contribution is 5.76. The number of carbonyl (C=O) groups is 2. The van der Waals surface area contributed by atoms with Crippen LogP contribution < -0.4 is 4.90 Å². The van der Waals surface area contributed by atoms with Gasteiger partial charge in [-0.15, -0.1) is 0 Å². The van der Waals surface area contributed by atoms with E-state index in [0.717, 1.165) is 75.7 Å². The second kappa shape index (κ2) is 9.96. The molecule has 2 amide bonds. The number of nitrogens with zero attached hydrogens (tertiary/aromatic N) is 5. The molecule has 0 aromatic carbocycles. The number of fused-ring (bicyclic) bond motifs is 1. The Balaban J connectivity index is 1.52. The van der Waals surface area contributed by atoms with Crippen LogP contribution in [-0.4, -0.2) is 64.3 Å². The van der Waals surface area contributed by atoms with Crippen LogP contribution in [0.3, 0.4) is 0 Å². The fourth-order valence-electron chi connectivity index (χ4n) is 5.26. The molecule has 1 unspecified atom stereocenters. The van der Waals surface area contributed by atoms with Gasteiger partial charge in [-0.05, 0) is 44.4 Å². The molecule has 0 saturated carbocycles. The van der Waals surface area contributed by atoms with Crippen molar-refractivity contribution >= 4 is 17.8 Å². The summed E-state index contributed by atoms with van der Waals surface area (Å²) >= 11 is 0. The van der Waals surface area contributed by atoms with Crippen molar-refractivity contribution in [3.8, 4) is 0 Å². The van der Waals surface area contributed by atoms with Crippen LogP contribution in [0.1, 0.15) is 75.7 Å². The largest absolute Gasteiger partial charge is 0.342 e. The number of hydrogen-bond acceptors (Lipinski definition) is 5. The summed E-state index contributed by atoms with van der Waals surface area (Å²) in [6.45, 7) is 9.12. The smallest absolute Gasteiger partial charge is 0.225 e. The van der Waals surface area contributed by atoms with Gasteiger partial charge in [-0.2, -0.15) is 0 Å². The maximum Gasteiger partial charge on any atom is 0.225 e. The van der Waals surface area contributed by atoms with Crippen LogP contribution in [0.2, 0.25) is 0 Å². The summed E-state index contributed by atoms with van der Waals surface area (Å²) < 4.78 is 0. The Morgan fingerprint density at radius 1 is 0.935 bits per heavy atom.